The van der Waals surface area contributed by atoms with Crippen molar-refractivity contribution in [2.24, 2.45) is 0 Å². The van der Waals surface area contributed by atoms with E-state index in [2.05, 4.69) is 16.3 Å². The van der Waals surface area contributed by atoms with E-state index in [0.29, 0.717) is 5.56 Å². The Bertz CT molecular complexity index is 446. The summed E-state index contributed by atoms with van der Waals surface area (Å²) in [7, 11) is -10.1. The minimum atomic E-state index is -10.1. The van der Waals surface area contributed by atoms with Gasteiger partial charge in [0.15, 0.2) is 0 Å². The second-order valence-corrected chi connectivity index (χ2v) is 6.66. The summed E-state index contributed by atoms with van der Waals surface area (Å²) in [5.41, 5.74) is 0.358. The Morgan fingerprint density at radius 1 is 1.17 bits per heavy atom. The molecule has 2 nitrogen and oxygen atoms in total. The predicted molar refractivity (Wildman–Crippen MR) is 59.0 cm³/mol. The number of hydrogen-bond acceptors (Lipinski definition) is 2. The first-order valence-electron chi connectivity index (χ1n) is 4.48. The van der Waals surface area contributed by atoms with Gasteiger partial charge in [0.25, 0.3) is 4.71 Å². The molecule has 1 aromatic rings. The highest BCUT2D eigenvalue weighted by molar-refractivity contribution is 8.47. The van der Waals surface area contributed by atoms with Crippen LogP contribution in [-0.4, -0.2) is 10.7 Å². The van der Waals surface area contributed by atoms with Crippen molar-refractivity contribution in [2.45, 2.75) is 11.3 Å². The molecule has 1 rings (SSSR count). The molecule has 0 aliphatic heterocycles. The Kier molecular flexibility index (Phi) is 3.33. The Morgan fingerprint density at radius 3 is 2.11 bits per heavy atom. The van der Waals surface area contributed by atoms with Gasteiger partial charge in [-0.15, -0.1) is 0 Å². The lowest BCUT2D eigenvalue weighted by atomic mass is 10.2. The molecule has 0 bridgehead atoms. The molecule has 0 aliphatic carbocycles. The van der Waals surface area contributed by atoms with Crippen molar-refractivity contribution < 1.29 is 29.0 Å². The van der Waals surface area contributed by atoms with E-state index in [4.69, 9.17) is 0 Å². The topological polar surface area (TPSA) is 26.3 Å². The predicted octanol–water partition coefficient (Wildman–Crippen LogP) is 4.59. The van der Waals surface area contributed by atoms with Gasteiger partial charge in [-0.3, -0.25) is 0 Å². The van der Waals surface area contributed by atoms with Gasteiger partial charge in [0, 0.05) is 0 Å². The molecule has 0 amide bonds. The maximum atomic E-state index is 12.2. The zero-order valence-corrected chi connectivity index (χ0v) is 10.2. The van der Waals surface area contributed by atoms with Crippen molar-refractivity contribution in [1.82, 2.24) is 0 Å². The van der Waals surface area contributed by atoms with Crippen molar-refractivity contribution in [1.29, 1.82) is 0 Å². The summed E-state index contributed by atoms with van der Waals surface area (Å²) in [5, 5.41) is 0. The van der Waals surface area contributed by atoms with Crippen LogP contribution in [0, 0.1) is 0 Å². The summed E-state index contributed by atoms with van der Waals surface area (Å²) in [5.74, 6) is -2.21. The summed E-state index contributed by atoms with van der Waals surface area (Å²) in [6.45, 7) is -0.559. The normalized spacial score (nSPS) is 17.4. The molecule has 1 aromatic carbocycles. The molecule has 1 atom stereocenters. The first kappa shape index (κ1) is 15.0. The third-order valence-electron chi connectivity index (χ3n) is 1.80. The molecule has 0 saturated carbocycles. The number of hydrogen-bond donors (Lipinski definition) is 0. The van der Waals surface area contributed by atoms with Crippen LogP contribution in [0.2, 0.25) is 0 Å². The summed E-state index contributed by atoms with van der Waals surface area (Å²) < 4.78 is 60.9. The molecule has 0 N–H and O–H groups in total. The minimum Gasteiger partial charge on any atom is -0.459 e. The summed E-state index contributed by atoms with van der Waals surface area (Å²) in [6.07, 6.45) is 0. The maximum absolute atomic E-state index is 12.2. The van der Waals surface area contributed by atoms with Crippen LogP contribution in [0.4, 0.5) is 19.4 Å². The van der Waals surface area contributed by atoms with E-state index >= 15 is 0 Å². The van der Waals surface area contributed by atoms with Gasteiger partial charge < -0.3 is 4.74 Å². The Labute approximate surface area is 104 Å². The average molecular weight is 311 g/mol. The van der Waals surface area contributed by atoms with Crippen LogP contribution in [0.3, 0.4) is 0 Å². The molecule has 18 heavy (non-hydrogen) atoms. The molecule has 0 saturated heterocycles. The Morgan fingerprint density at radius 2 is 1.67 bits per heavy atom. The average Bonchev–Trinajstić information content (AvgIpc) is 2.23. The van der Waals surface area contributed by atoms with E-state index in [1.54, 1.807) is 18.2 Å². The Balaban J connectivity index is 2.69. The molecular formula is C9H8ClF5O2S. The SMILES string of the molecule is O=C(OCc1ccccc1)C(Cl)S(F)(F)(F)(F)F. The molecule has 0 heterocycles. The minimum absolute atomic E-state index is 0.358. The Hall–Kier alpha value is -1.02. The van der Waals surface area contributed by atoms with Crippen molar-refractivity contribution in [3.8, 4) is 0 Å². The van der Waals surface area contributed by atoms with E-state index in [1.807, 2.05) is 0 Å². The highest BCUT2D eigenvalue weighted by atomic mass is 35.5. The van der Waals surface area contributed by atoms with Gasteiger partial charge in [-0.1, -0.05) is 61.4 Å². The highest BCUT2D eigenvalue weighted by Gasteiger charge is 2.73. The second kappa shape index (κ2) is 3.99. The number of benzene rings is 1. The van der Waals surface area contributed by atoms with Gasteiger partial charge in [0.05, 0.1) is 0 Å². The fourth-order valence-corrected chi connectivity index (χ4v) is 1.47. The van der Waals surface area contributed by atoms with Crippen LogP contribution in [-0.2, 0) is 16.1 Å². The molecular weight excluding hydrogens is 303 g/mol. The third-order valence-corrected chi connectivity index (χ3v) is 3.96. The van der Waals surface area contributed by atoms with E-state index < -0.39 is 27.5 Å². The molecule has 0 fully saturated rings. The largest absolute Gasteiger partial charge is 0.459 e. The van der Waals surface area contributed by atoms with Gasteiger partial charge in [0.1, 0.15) is 6.61 Å². The van der Waals surface area contributed by atoms with E-state index in [1.165, 1.54) is 12.1 Å². The monoisotopic (exact) mass is 310 g/mol. The fourth-order valence-electron chi connectivity index (χ4n) is 0.976. The first-order chi connectivity index (χ1) is 7.90. The van der Waals surface area contributed by atoms with Crippen molar-refractivity contribution in [2.75, 3.05) is 0 Å². The number of carbonyl (C=O) groups excluding carboxylic acids is 1. The molecule has 1 unspecified atom stereocenters. The lowest BCUT2D eigenvalue weighted by Crippen LogP contribution is -2.29. The van der Waals surface area contributed by atoms with E-state index in [0.717, 1.165) is 0 Å². The van der Waals surface area contributed by atoms with Crippen molar-refractivity contribution in [3.63, 3.8) is 0 Å². The third kappa shape index (κ3) is 4.34. The first-order valence-corrected chi connectivity index (χ1v) is 6.93. The van der Waals surface area contributed by atoms with Gasteiger partial charge in [0.2, 0.25) is 0 Å². The van der Waals surface area contributed by atoms with Crippen molar-refractivity contribution >= 4 is 27.8 Å². The van der Waals surface area contributed by atoms with Gasteiger partial charge >= 0.3 is 16.2 Å². The zero-order chi connectivity index (χ0) is 14.1. The zero-order valence-electron chi connectivity index (χ0n) is 8.66. The molecule has 0 radical (unpaired) electrons. The van der Waals surface area contributed by atoms with Crippen molar-refractivity contribution in [3.05, 3.63) is 35.9 Å². The number of alkyl halides is 1. The van der Waals surface area contributed by atoms with E-state index in [9.17, 15) is 24.2 Å². The second-order valence-electron chi connectivity index (χ2n) is 3.44. The summed E-state index contributed by atoms with van der Waals surface area (Å²) in [6, 6.07) is 7.63. The molecule has 0 aromatic heterocycles. The quantitative estimate of drug-likeness (QED) is 0.462. The number of halogens is 6. The van der Waals surface area contributed by atoms with Crippen LogP contribution >= 0.6 is 21.8 Å². The number of carbonyl (C=O) groups is 1. The lowest BCUT2D eigenvalue weighted by molar-refractivity contribution is -0.143. The number of rotatable bonds is 4. The highest BCUT2D eigenvalue weighted by Crippen LogP contribution is 3.00. The van der Waals surface area contributed by atoms with E-state index in [-0.39, 0.29) is 0 Å². The van der Waals surface area contributed by atoms with Crippen LogP contribution in [0.15, 0.2) is 30.3 Å². The van der Waals surface area contributed by atoms with Gasteiger partial charge in [-0.2, -0.15) is 0 Å². The van der Waals surface area contributed by atoms with Crippen LogP contribution in [0.25, 0.3) is 0 Å². The number of ether oxygens (including phenoxy) is 1. The molecule has 0 spiro atoms. The maximum Gasteiger partial charge on any atom is 0.344 e. The smallest absolute Gasteiger partial charge is 0.344 e. The van der Waals surface area contributed by atoms with Gasteiger partial charge in [-0.05, 0) is 5.56 Å². The summed E-state index contributed by atoms with van der Waals surface area (Å²) >= 11 is 4.46. The van der Waals surface area contributed by atoms with Crippen LogP contribution < -0.4 is 0 Å². The molecule has 9 heteroatoms. The summed E-state index contributed by atoms with van der Waals surface area (Å²) in [4.78, 5) is 10.8. The number of esters is 1. The molecule has 0 aliphatic rings. The van der Waals surface area contributed by atoms with Crippen LogP contribution in [0.1, 0.15) is 5.56 Å². The standard InChI is InChI=1S/C9H8ClF5O2S/c10-8(18(11,12,13,14)15)9(16)17-6-7-4-2-1-3-5-7/h1-5,8H,6H2. The van der Waals surface area contributed by atoms with Crippen LogP contribution in [0.5, 0.6) is 0 Å². The lowest BCUT2D eigenvalue weighted by Gasteiger charge is -2.42. The fraction of sp³-hybridized carbons (Fsp3) is 0.222. The molecule has 104 valence electrons. The van der Waals surface area contributed by atoms with Gasteiger partial charge in [-0.25, -0.2) is 4.79 Å².